The molecule has 150 valence electrons. The first-order valence-electron chi connectivity index (χ1n) is 9.25. The molecule has 6 nitrogen and oxygen atoms in total. The predicted octanol–water partition coefficient (Wildman–Crippen LogP) is 4.86. The number of hydrogen-bond acceptors (Lipinski definition) is 4. The van der Waals surface area contributed by atoms with E-state index in [4.69, 9.17) is 4.74 Å². The van der Waals surface area contributed by atoms with Crippen LogP contribution in [0.2, 0.25) is 0 Å². The molecule has 3 aromatic carbocycles. The molecule has 1 N–H and O–H groups in total. The number of imide groups is 1. The second kappa shape index (κ2) is 8.12. The molecule has 0 aliphatic carbocycles. The monoisotopic (exact) mass is 464 g/mol. The Morgan fingerprint density at radius 2 is 1.37 bits per heavy atom. The standard InChI is InChI=1S/C23H17BrN2O4/c1-14(26-22(28)19-4-2-3-5-20(19)23(26)29)21(27)25-16-8-12-18(13-9-16)30-17-10-6-15(24)7-11-17/h2-14H,1H3,(H,25,27). The Bertz CT molecular complexity index is 1090. The summed E-state index contributed by atoms with van der Waals surface area (Å²) < 4.78 is 6.71. The fourth-order valence-electron chi connectivity index (χ4n) is 3.17. The molecule has 1 aliphatic heterocycles. The Kier molecular flexibility index (Phi) is 5.37. The van der Waals surface area contributed by atoms with Gasteiger partial charge in [-0.25, -0.2) is 0 Å². The van der Waals surface area contributed by atoms with Crippen molar-refractivity contribution in [3.05, 3.63) is 88.4 Å². The van der Waals surface area contributed by atoms with Crippen molar-refractivity contribution in [3.8, 4) is 11.5 Å². The maximum atomic E-state index is 12.7. The molecule has 0 saturated carbocycles. The van der Waals surface area contributed by atoms with Gasteiger partial charge in [0.2, 0.25) is 5.91 Å². The van der Waals surface area contributed by atoms with Gasteiger partial charge in [-0.05, 0) is 67.6 Å². The quantitative estimate of drug-likeness (QED) is 0.546. The number of amides is 3. The van der Waals surface area contributed by atoms with E-state index in [1.54, 1.807) is 48.5 Å². The molecule has 4 rings (SSSR count). The lowest BCUT2D eigenvalue weighted by Crippen LogP contribution is -2.45. The first-order valence-corrected chi connectivity index (χ1v) is 10.0. The maximum absolute atomic E-state index is 12.7. The van der Waals surface area contributed by atoms with E-state index in [1.165, 1.54) is 6.92 Å². The van der Waals surface area contributed by atoms with Gasteiger partial charge in [0.1, 0.15) is 17.5 Å². The molecule has 0 radical (unpaired) electrons. The number of carbonyl (C=O) groups excluding carboxylic acids is 3. The molecular weight excluding hydrogens is 448 g/mol. The summed E-state index contributed by atoms with van der Waals surface area (Å²) >= 11 is 3.37. The van der Waals surface area contributed by atoms with Crippen molar-refractivity contribution in [1.29, 1.82) is 0 Å². The zero-order valence-electron chi connectivity index (χ0n) is 16.0. The summed E-state index contributed by atoms with van der Waals surface area (Å²) in [5, 5.41) is 2.74. The van der Waals surface area contributed by atoms with E-state index in [-0.39, 0.29) is 0 Å². The van der Waals surface area contributed by atoms with Crippen LogP contribution in [0, 0.1) is 0 Å². The molecule has 0 spiro atoms. The largest absolute Gasteiger partial charge is 0.457 e. The zero-order valence-corrected chi connectivity index (χ0v) is 17.5. The fourth-order valence-corrected chi connectivity index (χ4v) is 3.43. The molecule has 7 heteroatoms. The fraction of sp³-hybridized carbons (Fsp3) is 0.0870. The van der Waals surface area contributed by atoms with E-state index in [1.807, 2.05) is 24.3 Å². The highest BCUT2D eigenvalue weighted by Crippen LogP contribution is 2.26. The van der Waals surface area contributed by atoms with Gasteiger partial charge in [-0.2, -0.15) is 0 Å². The van der Waals surface area contributed by atoms with Crippen LogP contribution in [0.5, 0.6) is 11.5 Å². The summed E-state index contributed by atoms with van der Waals surface area (Å²) in [6.45, 7) is 1.53. The molecule has 0 saturated heterocycles. The lowest BCUT2D eigenvalue weighted by molar-refractivity contribution is -0.119. The van der Waals surface area contributed by atoms with Crippen LogP contribution in [0.4, 0.5) is 5.69 Å². The van der Waals surface area contributed by atoms with E-state index in [9.17, 15) is 14.4 Å². The Morgan fingerprint density at radius 1 is 0.867 bits per heavy atom. The van der Waals surface area contributed by atoms with Crippen molar-refractivity contribution in [2.45, 2.75) is 13.0 Å². The molecule has 1 unspecified atom stereocenters. The van der Waals surface area contributed by atoms with E-state index in [2.05, 4.69) is 21.2 Å². The van der Waals surface area contributed by atoms with Gasteiger partial charge < -0.3 is 10.1 Å². The third kappa shape index (κ3) is 3.84. The van der Waals surface area contributed by atoms with Gasteiger partial charge >= 0.3 is 0 Å². The topological polar surface area (TPSA) is 75.7 Å². The van der Waals surface area contributed by atoms with Gasteiger partial charge in [0, 0.05) is 10.2 Å². The summed E-state index contributed by atoms with van der Waals surface area (Å²) in [6, 6.07) is 19.9. The molecule has 0 bridgehead atoms. The number of fused-ring (bicyclic) bond motifs is 1. The van der Waals surface area contributed by atoms with Gasteiger partial charge in [-0.1, -0.05) is 28.1 Å². The maximum Gasteiger partial charge on any atom is 0.262 e. The Balaban J connectivity index is 1.42. The average molecular weight is 465 g/mol. The van der Waals surface area contributed by atoms with Crippen LogP contribution in [-0.4, -0.2) is 28.7 Å². The van der Waals surface area contributed by atoms with Crippen LogP contribution in [0.3, 0.4) is 0 Å². The molecule has 1 atom stereocenters. The van der Waals surface area contributed by atoms with E-state index in [0.29, 0.717) is 28.3 Å². The Hall–Kier alpha value is -3.45. The lowest BCUT2D eigenvalue weighted by Gasteiger charge is -2.21. The third-order valence-electron chi connectivity index (χ3n) is 4.76. The van der Waals surface area contributed by atoms with Crippen molar-refractivity contribution in [2.24, 2.45) is 0 Å². The molecule has 3 aromatic rings. The number of rotatable bonds is 5. The minimum absolute atomic E-state index is 0.316. The molecule has 0 aromatic heterocycles. The number of halogens is 1. The number of carbonyl (C=O) groups is 3. The minimum atomic E-state index is -0.948. The van der Waals surface area contributed by atoms with Gasteiger partial charge in [-0.3, -0.25) is 19.3 Å². The van der Waals surface area contributed by atoms with Gasteiger partial charge in [0.25, 0.3) is 11.8 Å². The smallest absolute Gasteiger partial charge is 0.262 e. The number of hydrogen-bond donors (Lipinski definition) is 1. The molecule has 1 aliphatic rings. The van der Waals surface area contributed by atoms with Crippen LogP contribution in [0.15, 0.2) is 77.3 Å². The van der Waals surface area contributed by atoms with Crippen molar-refractivity contribution in [1.82, 2.24) is 4.90 Å². The normalized spacial score (nSPS) is 13.7. The third-order valence-corrected chi connectivity index (χ3v) is 5.29. The molecule has 3 amide bonds. The van der Waals surface area contributed by atoms with E-state index >= 15 is 0 Å². The van der Waals surface area contributed by atoms with Gasteiger partial charge in [-0.15, -0.1) is 0 Å². The average Bonchev–Trinajstić information content (AvgIpc) is 3.01. The molecule has 30 heavy (non-hydrogen) atoms. The minimum Gasteiger partial charge on any atom is -0.457 e. The van der Waals surface area contributed by atoms with Crippen molar-refractivity contribution < 1.29 is 19.1 Å². The summed E-state index contributed by atoms with van der Waals surface area (Å²) in [4.78, 5) is 38.7. The summed E-state index contributed by atoms with van der Waals surface area (Å²) in [7, 11) is 0. The summed E-state index contributed by atoms with van der Waals surface area (Å²) in [5.74, 6) is -0.0722. The molecule has 0 fully saturated rings. The lowest BCUT2D eigenvalue weighted by atomic mass is 10.1. The van der Waals surface area contributed by atoms with E-state index in [0.717, 1.165) is 9.37 Å². The van der Waals surface area contributed by atoms with Gasteiger partial charge in [0.15, 0.2) is 0 Å². The predicted molar refractivity (Wildman–Crippen MR) is 116 cm³/mol. The number of benzene rings is 3. The second-order valence-electron chi connectivity index (χ2n) is 6.77. The first kappa shape index (κ1) is 19.8. The highest BCUT2D eigenvalue weighted by Gasteiger charge is 2.40. The first-order chi connectivity index (χ1) is 14.4. The van der Waals surface area contributed by atoms with Crippen LogP contribution >= 0.6 is 15.9 Å². The molecule has 1 heterocycles. The van der Waals surface area contributed by atoms with Crippen LogP contribution < -0.4 is 10.1 Å². The number of anilines is 1. The van der Waals surface area contributed by atoms with Crippen LogP contribution in [0.1, 0.15) is 27.6 Å². The highest BCUT2D eigenvalue weighted by molar-refractivity contribution is 9.10. The van der Waals surface area contributed by atoms with Crippen LogP contribution in [-0.2, 0) is 4.79 Å². The summed E-state index contributed by atoms with van der Waals surface area (Å²) in [6.07, 6.45) is 0. The Morgan fingerprint density at radius 3 is 1.90 bits per heavy atom. The van der Waals surface area contributed by atoms with Crippen molar-refractivity contribution >= 4 is 39.3 Å². The number of ether oxygens (including phenoxy) is 1. The van der Waals surface area contributed by atoms with Crippen LogP contribution in [0.25, 0.3) is 0 Å². The molecular formula is C23H17BrN2O4. The number of nitrogens with one attached hydrogen (secondary N) is 1. The second-order valence-corrected chi connectivity index (χ2v) is 7.69. The van der Waals surface area contributed by atoms with Crippen molar-refractivity contribution in [3.63, 3.8) is 0 Å². The SMILES string of the molecule is CC(C(=O)Nc1ccc(Oc2ccc(Br)cc2)cc1)N1C(=O)c2ccccc2C1=O. The highest BCUT2D eigenvalue weighted by atomic mass is 79.9. The number of nitrogens with zero attached hydrogens (tertiary/aromatic N) is 1. The summed E-state index contributed by atoms with van der Waals surface area (Å²) in [5.41, 5.74) is 1.17. The van der Waals surface area contributed by atoms with Gasteiger partial charge in [0.05, 0.1) is 11.1 Å². The Labute approximate surface area is 181 Å². The van der Waals surface area contributed by atoms with Crippen molar-refractivity contribution in [2.75, 3.05) is 5.32 Å². The van der Waals surface area contributed by atoms with E-state index < -0.39 is 23.8 Å². The zero-order chi connectivity index (χ0) is 21.3.